The quantitative estimate of drug-likeness (QED) is 0.685. The number of nitrogens with one attached hydrogen (secondary N) is 2. The molecule has 0 bridgehead atoms. The summed E-state index contributed by atoms with van der Waals surface area (Å²) >= 11 is 5.80. The maximum absolute atomic E-state index is 12.3. The minimum atomic E-state index is -1.17. The van der Waals surface area contributed by atoms with Crippen LogP contribution in [0, 0.1) is 0 Å². The third-order valence-electron chi connectivity index (χ3n) is 3.69. The van der Waals surface area contributed by atoms with Gasteiger partial charge >= 0.3 is 0 Å². The molecule has 0 fully saturated rings. The summed E-state index contributed by atoms with van der Waals surface area (Å²) in [4.78, 5) is 36.1. The molecule has 2 rings (SSSR count). The molecule has 1 aromatic carbocycles. The van der Waals surface area contributed by atoms with Crippen molar-refractivity contribution in [1.29, 1.82) is 0 Å². The van der Waals surface area contributed by atoms with Crippen molar-refractivity contribution in [3.8, 4) is 0 Å². The van der Waals surface area contributed by atoms with Gasteiger partial charge in [-0.25, -0.2) is 0 Å². The highest BCUT2D eigenvalue weighted by atomic mass is 35.5. The van der Waals surface area contributed by atoms with Crippen LogP contribution < -0.4 is 10.6 Å². The average Bonchev–Trinajstić information content (AvgIpc) is 2.56. The molecule has 1 aliphatic heterocycles. The molecular weight excluding hydrogens is 360 g/mol. The third kappa shape index (κ3) is 5.57. The highest BCUT2D eigenvalue weighted by Crippen LogP contribution is 2.24. The second-order valence-electron chi connectivity index (χ2n) is 6.57. The fourth-order valence-corrected chi connectivity index (χ4v) is 2.56. The van der Waals surface area contributed by atoms with Crippen molar-refractivity contribution in [3.63, 3.8) is 0 Å². The Hall–Kier alpha value is -2.38. The molecule has 2 amide bonds. The Labute approximate surface area is 156 Å². The molecule has 0 saturated heterocycles. The number of amides is 2. The number of ketones is 1. The Kier molecular flexibility index (Phi) is 6.39. The summed E-state index contributed by atoms with van der Waals surface area (Å²) in [6, 6.07) is 5.73. The van der Waals surface area contributed by atoms with Gasteiger partial charge in [0.05, 0.1) is 6.61 Å². The van der Waals surface area contributed by atoms with Crippen molar-refractivity contribution in [2.45, 2.75) is 38.5 Å². The lowest BCUT2D eigenvalue weighted by atomic mass is 9.98. The second kappa shape index (κ2) is 8.33. The van der Waals surface area contributed by atoms with Gasteiger partial charge in [0.2, 0.25) is 5.91 Å². The van der Waals surface area contributed by atoms with Crippen LogP contribution in [-0.2, 0) is 25.7 Å². The van der Waals surface area contributed by atoms with Gasteiger partial charge in [-0.15, -0.1) is 0 Å². The molecule has 0 spiro atoms. The molecular formula is C18H21ClN2O5. The van der Waals surface area contributed by atoms with Crippen LogP contribution in [0.15, 0.2) is 36.1 Å². The number of allylic oxidation sites excluding steroid dienone is 1. The van der Waals surface area contributed by atoms with E-state index in [0.29, 0.717) is 5.02 Å². The molecule has 0 aliphatic carbocycles. The van der Waals surface area contributed by atoms with E-state index in [-0.39, 0.29) is 24.5 Å². The number of halogens is 1. The minimum Gasteiger partial charge on any atom is -0.482 e. The van der Waals surface area contributed by atoms with E-state index in [1.807, 2.05) is 0 Å². The smallest absolute Gasteiger partial charge is 0.287 e. The topological polar surface area (TPSA) is 105 Å². The van der Waals surface area contributed by atoms with Crippen LogP contribution >= 0.6 is 11.6 Å². The molecule has 0 unspecified atom stereocenters. The summed E-state index contributed by atoms with van der Waals surface area (Å²) in [5.41, 5.74) is 0.0146. The van der Waals surface area contributed by atoms with Gasteiger partial charge in [0.25, 0.3) is 5.91 Å². The van der Waals surface area contributed by atoms with E-state index in [2.05, 4.69) is 10.6 Å². The standard InChI is InChI=1S/C18H21ClN2O5/c1-18(2)8-13(23)7-15(26-18)17(25)21-14(10-22)16(24)20-9-11-3-5-12(19)6-4-11/h3-7,14,22H,8-10H2,1-2H3,(H,20,24)(H,21,25)/t14-/m0/s1. The molecule has 26 heavy (non-hydrogen) atoms. The number of ether oxygens (including phenoxy) is 1. The Bertz CT molecular complexity index is 728. The van der Waals surface area contributed by atoms with Crippen LogP contribution in [-0.4, -0.2) is 41.0 Å². The van der Waals surface area contributed by atoms with Gasteiger partial charge in [0.15, 0.2) is 11.5 Å². The van der Waals surface area contributed by atoms with Crippen molar-refractivity contribution in [3.05, 3.63) is 46.7 Å². The Morgan fingerprint density at radius 1 is 1.31 bits per heavy atom. The zero-order chi connectivity index (χ0) is 19.3. The van der Waals surface area contributed by atoms with Gasteiger partial charge < -0.3 is 20.5 Å². The largest absolute Gasteiger partial charge is 0.482 e. The van der Waals surface area contributed by atoms with E-state index in [9.17, 15) is 19.5 Å². The second-order valence-corrected chi connectivity index (χ2v) is 7.00. The maximum Gasteiger partial charge on any atom is 0.287 e. The van der Waals surface area contributed by atoms with Gasteiger partial charge in [-0.05, 0) is 31.5 Å². The van der Waals surface area contributed by atoms with Gasteiger partial charge in [-0.3, -0.25) is 14.4 Å². The van der Waals surface area contributed by atoms with E-state index in [1.165, 1.54) is 0 Å². The number of rotatable bonds is 6. The lowest BCUT2D eigenvalue weighted by Gasteiger charge is -2.30. The lowest BCUT2D eigenvalue weighted by molar-refractivity contribution is -0.134. The highest BCUT2D eigenvalue weighted by Gasteiger charge is 2.33. The van der Waals surface area contributed by atoms with Crippen molar-refractivity contribution >= 4 is 29.2 Å². The Morgan fingerprint density at radius 3 is 2.54 bits per heavy atom. The highest BCUT2D eigenvalue weighted by molar-refractivity contribution is 6.30. The summed E-state index contributed by atoms with van der Waals surface area (Å²) in [5.74, 6) is -1.70. The summed E-state index contributed by atoms with van der Waals surface area (Å²) in [5, 5.41) is 15.0. The minimum absolute atomic E-state index is 0.161. The van der Waals surface area contributed by atoms with Gasteiger partial charge in [-0.1, -0.05) is 23.7 Å². The molecule has 7 nitrogen and oxygen atoms in total. The van der Waals surface area contributed by atoms with Crippen molar-refractivity contribution in [2.24, 2.45) is 0 Å². The van der Waals surface area contributed by atoms with Crippen molar-refractivity contribution in [2.75, 3.05) is 6.61 Å². The van der Waals surface area contributed by atoms with Crippen LogP contribution in [0.1, 0.15) is 25.8 Å². The molecule has 0 aromatic heterocycles. The van der Waals surface area contributed by atoms with E-state index in [4.69, 9.17) is 16.3 Å². The molecule has 8 heteroatoms. The summed E-state index contributed by atoms with van der Waals surface area (Å²) in [7, 11) is 0. The van der Waals surface area contributed by atoms with Gasteiger partial charge in [0, 0.05) is 24.1 Å². The van der Waals surface area contributed by atoms with Crippen LogP contribution in [0.4, 0.5) is 0 Å². The molecule has 0 saturated carbocycles. The first-order valence-corrected chi connectivity index (χ1v) is 8.45. The monoisotopic (exact) mass is 380 g/mol. The Balaban J connectivity index is 1.95. The third-order valence-corrected chi connectivity index (χ3v) is 3.94. The van der Waals surface area contributed by atoms with Crippen molar-refractivity contribution < 1.29 is 24.2 Å². The van der Waals surface area contributed by atoms with E-state index >= 15 is 0 Å². The molecule has 140 valence electrons. The molecule has 1 atom stereocenters. The average molecular weight is 381 g/mol. The fourth-order valence-electron chi connectivity index (χ4n) is 2.43. The van der Waals surface area contributed by atoms with E-state index < -0.39 is 30.1 Å². The number of benzene rings is 1. The zero-order valence-corrected chi connectivity index (χ0v) is 15.3. The number of carbonyl (C=O) groups excluding carboxylic acids is 3. The lowest BCUT2D eigenvalue weighted by Crippen LogP contribution is -2.50. The van der Waals surface area contributed by atoms with Crippen LogP contribution in [0.3, 0.4) is 0 Å². The predicted molar refractivity (Wildman–Crippen MR) is 95.2 cm³/mol. The fraction of sp³-hybridized carbons (Fsp3) is 0.389. The van der Waals surface area contributed by atoms with Gasteiger partial charge in [0.1, 0.15) is 11.6 Å². The van der Waals surface area contributed by atoms with Gasteiger partial charge in [-0.2, -0.15) is 0 Å². The Morgan fingerprint density at radius 2 is 1.96 bits per heavy atom. The summed E-state index contributed by atoms with van der Waals surface area (Å²) < 4.78 is 5.47. The zero-order valence-electron chi connectivity index (χ0n) is 14.5. The van der Waals surface area contributed by atoms with Crippen LogP contribution in [0.2, 0.25) is 5.02 Å². The maximum atomic E-state index is 12.3. The predicted octanol–water partition coefficient (Wildman–Crippen LogP) is 1.09. The molecule has 1 aliphatic rings. The summed E-state index contributed by atoms with van der Waals surface area (Å²) in [6.45, 7) is 3.00. The first-order chi connectivity index (χ1) is 12.2. The number of hydrogen-bond acceptors (Lipinski definition) is 5. The van der Waals surface area contributed by atoms with Crippen LogP contribution in [0.5, 0.6) is 0 Å². The molecule has 3 N–H and O–H groups in total. The number of carbonyl (C=O) groups is 3. The molecule has 0 radical (unpaired) electrons. The number of aliphatic hydroxyl groups is 1. The summed E-state index contributed by atoms with van der Waals surface area (Å²) in [6.07, 6.45) is 1.26. The normalized spacial score (nSPS) is 16.9. The SMILES string of the molecule is CC1(C)CC(=O)C=C(C(=O)N[C@@H](CO)C(=O)NCc2ccc(Cl)cc2)O1. The molecule has 1 heterocycles. The van der Waals surface area contributed by atoms with E-state index in [0.717, 1.165) is 11.6 Å². The molecule has 1 aromatic rings. The number of aliphatic hydroxyl groups excluding tert-OH is 1. The van der Waals surface area contributed by atoms with E-state index in [1.54, 1.807) is 38.1 Å². The first kappa shape index (κ1) is 19.9. The van der Waals surface area contributed by atoms with Crippen LogP contribution in [0.25, 0.3) is 0 Å². The first-order valence-electron chi connectivity index (χ1n) is 8.07. The van der Waals surface area contributed by atoms with Crippen molar-refractivity contribution in [1.82, 2.24) is 10.6 Å². The number of hydrogen-bond donors (Lipinski definition) is 3.